The summed E-state index contributed by atoms with van der Waals surface area (Å²) in [6, 6.07) is -0.779. The minimum absolute atomic E-state index is 0. The van der Waals surface area contributed by atoms with E-state index in [-0.39, 0.29) is 41.8 Å². The van der Waals surface area contributed by atoms with Gasteiger partial charge in [-0.1, -0.05) is 23.1 Å². The number of nitrogens with zero attached hydrogens (tertiary/aromatic N) is 7. The summed E-state index contributed by atoms with van der Waals surface area (Å²) in [6.45, 7) is 1.72. The van der Waals surface area contributed by atoms with Crippen LogP contribution in [0.2, 0.25) is 0 Å². The molecule has 16 heteroatoms. The Morgan fingerprint density at radius 3 is 2.83 bits per heavy atom. The number of aryl methyl sites for hydroxylation is 1. The molecular weight excluding hydrogens is 463 g/mol. The van der Waals surface area contributed by atoms with Crippen molar-refractivity contribution in [3.63, 3.8) is 0 Å². The van der Waals surface area contributed by atoms with Crippen molar-refractivity contribution in [1.29, 1.82) is 0 Å². The number of hydrogen-bond donors (Lipinski definition) is 2. The zero-order valence-corrected chi connectivity index (χ0v) is 20.3. The third kappa shape index (κ3) is 4.70. The zero-order valence-electron chi connectivity index (χ0n) is 15.9. The van der Waals surface area contributed by atoms with Crippen LogP contribution in [0.3, 0.4) is 0 Å². The van der Waals surface area contributed by atoms with Crippen LogP contribution in [-0.2, 0) is 20.9 Å². The van der Waals surface area contributed by atoms with Crippen molar-refractivity contribution in [3.05, 3.63) is 22.6 Å². The number of carboxylic acid groups (broad SMARTS) is 1. The Balaban J connectivity index is 0.00000256. The Hall–Kier alpha value is -1.52. The SMILES string of the molecule is Cc1nnc(SCC2=C(C(=O)O)N3C(=O)C(NC(=O)Cn4cnnn4)C3SC2)s1.[Na]. The minimum Gasteiger partial charge on any atom is -0.477 e. The first-order valence-electron chi connectivity index (χ1n) is 8.27. The number of aliphatic carboxylic acids is 1. The van der Waals surface area contributed by atoms with E-state index in [1.165, 1.54) is 50.8 Å². The summed E-state index contributed by atoms with van der Waals surface area (Å²) in [5, 5.41) is 31.1. The third-order valence-electron chi connectivity index (χ3n) is 4.14. The Morgan fingerprint density at radius 1 is 1.40 bits per heavy atom. The van der Waals surface area contributed by atoms with Crippen LogP contribution in [0.4, 0.5) is 0 Å². The Morgan fingerprint density at radius 2 is 2.20 bits per heavy atom. The largest absolute Gasteiger partial charge is 0.477 e. The minimum atomic E-state index is -1.16. The zero-order chi connectivity index (χ0) is 20.5. The topological polar surface area (TPSA) is 156 Å². The molecule has 153 valence electrons. The van der Waals surface area contributed by atoms with Crippen molar-refractivity contribution in [2.45, 2.75) is 29.2 Å². The maximum atomic E-state index is 12.6. The summed E-state index contributed by atoms with van der Waals surface area (Å²) in [6.07, 6.45) is 1.29. The monoisotopic (exact) mass is 477 g/mol. The molecule has 2 N–H and O–H groups in total. The molecule has 0 spiro atoms. The molecule has 0 saturated carbocycles. The molecule has 2 amide bonds. The van der Waals surface area contributed by atoms with Crippen molar-refractivity contribution in [2.75, 3.05) is 11.5 Å². The van der Waals surface area contributed by atoms with Gasteiger partial charge in [0.2, 0.25) is 5.91 Å². The van der Waals surface area contributed by atoms with Crippen molar-refractivity contribution in [1.82, 2.24) is 40.6 Å². The smallest absolute Gasteiger partial charge is 0.352 e. The van der Waals surface area contributed by atoms with Crippen LogP contribution in [0.25, 0.3) is 0 Å². The molecule has 1 saturated heterocycles. The van der Waals surface area contributed by atoms with Crippen LogP contribution in [0.5, 0.6) is 0 Å². The number of aromatic nitrogens is 6. The van der Waals surface area contributed by atoms with Gasteiger partial charge in [-0.3, -0.25) is 14.5 Å². The fourth-order valence-corrected chi connectivity index (χ4v) is 6.20. The second-order valence-corrected chi connectivity index (χ2v) is 9.60. The molecule has 2 aromatic rings. The first-order valence-corrected chi connectivity index (χ1v) is 11.1. The molecule has 2 aliphatic rings. The van der Waals surface area contributed by atoms with Gasteiger partial charge in [0.05, 0.1) is 0 Å². The molecule has 4 rings (SSSR count). The fraction of sp³-hybridized carbons (Fsp3) is 0.429. The standard InChI is InChI=1S/C14H14N8O4S3.Na/c1-6-17-18-14(29-6)28-4-7-3-27-12-9(11(24)22(12)10(7)13(25)26)16-8(23)2-21-5-15-19-20-21;/h5,9,12H,2-4H2,1H3,(H,16,23)(H,25,26);. The second kappa shape index (κ2) is 9.74. The molecule has 12 nitrogen and oxygen atoms in total. The Kier molecular flexibility index (Phi) is 7.52. The van der Waals surface area contributed by atoms with Crippen LogP contribution < -0.4 is 5.32 Å². The van der Waals surface area contributed by atoms with E-state index in [4.69, 9.17) is 0 Å². The number of rotatable bonds is 7. The average molecular weight is 478 g/mol. The number of β-lactam (4-membered cyclic amide) rings is 1. The number of carboxylic acids is 1. The van der Waals surface area contributed by atoms with Crippen LogP contribution in [0.15, 0.2) is 21.9 Å². The predicted octanol–water partition coefficient (Wildman–Crippen LogP) is -1.02. The molecular formula is C14H14N8NaO4S3. The molecule has 2 aliphatic heterocycles. The van der Waals surface area contributed by atoms with Gasteiger partial charge in [0.1, 0.15) is 35.0 Å². The van der Waals surface area contributed by atoms with E-state index in [0.29, 0.717) is 17.1 Å². The van der Waals surface area contributed by atoms with E-state index >= 15 is 0 Å². The number of fused-ring (bicyclic) bond motifs is 1. The molecule has 0 aliphatic carbocycles. The van der Waals surface area contributed by atoms with Gasteiger partial charge < -0.3 is 10.4 Å². The van der Waals surface area contributed by atoms with Gasteiger partial charge in [0.25, 0.3) is 5.91 Å². The maximum Gasteiger partial charge on any atom is 0.352 e. The molecule has 30 heavy (non-hydrogen) atoms. The normalized spacial score (nSPS) is 20.3. The van der Waals surface area contributed by atoms with E-state index in [0.717, 1.165) is 9.35 Å². The number of thioether (sulfide) groups is 2. The molecule has 2 atom stereocenters. The number of carbonyl (C=O) groups excluding carboxylic acids is 2. The average Bonchev–Trinajstić information content (AvgIpc) is 3.35. The predicted molar refractivity (Wildman–Crippen MR) is 109 cm³/mol. The Labute approximate surface area is 204 Å². The van der Waals surface area contributed by atoms with Gasteiger partial charge in [0, 0.05) is 41.1 Å². The van der Waals surface area contributed by atoms with Gasteiger partial charge in [-0.25, -0.2) is 9.48 Å². The van der Waals surface area contributed by atoms with Crippen molar-refractivity contribution in [3.8, 4) is 0 Å². The Bertz CT molecular complexity index is 997. The third-order valence-corrected chi connectivity index (χ3v) is 7.54. The molecule has 2 aromatic heterocycles. The van der Waals surface area contributed by atoms with E-state index in [9.17, 15) is 19.5 Å². The summed E-state index contributed by atoms with van der Waals surface area (Å²) in [5.41, 5.74) is 0.627. The van der Waals surface area contributed by atoms with Crippen LogP contribution in [0.1, 0.15) is 5.01 Å². The molecule has 0 aromatic carbocycles. The maximum absolute atomic E-state index is 12.6. The van der Waals surface area contributed by atoms with Crippen molar-refractivity contribution in [2.24, 2.45) is 0 Å². The molecule has 4 heterocycles. The number of tetrazole rings is 1. The van der Waals surface area contributed by atoms with Crippen molar-refractivity contribution >= 4 is 82.2 Å². The first-order chi connectivity index (χ1) is 13.9. The van der Waals surface area contributed by atoms with E-state index in [1.807, 2.05) is 6.92 Å². The molecule has 1 radical (unpaired) electrons. The van der Waals surface area contributed by atoms with Gasteiger partial charge in [-0.15, -0.1) is 27.1 Å². The first kappa shape index (κ1) is 23.1. The molecule has 1 fully saturated rings. The summed E-state index contributed by atoms with van der Waals surface area (Å²) in [4.78, 5) is 37.8. The summed E-state index contributed by atoms with van der Waals surface area (Å²) in [7, 11) is 0. The van der Waals surface area contributed by atoms with Crippen LogP contribution in [0, 0.1) is 6.92 Å². The number of hydrogen-bond acceptors (Lipinski definition) is 11. The second-order valence-electron chi connectivity index (χ2n) is 6.10. The quantitative estimate of drug-likeness (QED) is 0.286. The van der Waals surface area contributed by atoms with Gasteiger partial charge in [-0.05, 0) is 22.9 Å². The van der Waals surface area contributed by atoms with E-state index < -0.39 is 29.2 Å². The van der Waals surface area contributed by atoms with E-state index in [1.54, 1.807) is 0 Å². The summed E-state index contributed by atoms with van der Waals surface area (Å²) >= 11 is 4.24. The van der Waals surface area contributed by atoms with Crippen LogP contribution >= 0.6 is 34.9 Å². The van der Waals surface area contributed by atoms with Crippen LogP contribution in [-0.4, -0.2) is 111 Å². The van der Waals surface area contributed by atoms with Gasteiger partial charge in [0.15, 0.2) is 4.34 Å². The number of carbonyl (C=O) groups is 3. The number of amides is 2. The van der Waals surface area contributed by atoms with Crippen molar-refractivity contribution < 1.29 is 19.5 Å². The summed E-state index contributed by atoms with van der Waals surface area (Å²) in [5.74, 6) is -1.19. The van der Waals surface area contributed by atoms with Gasteiger partial charge >= 0.3 is 5.97 Å². The summed E-state index contributed by atoms with van der Waals surface area (Å²) < 4.78 is 1.98. The molecule has 0 bridgehead atoms. The number of nitrogens with one attached hydrogen (secondary N) is 1. The van der Waals surface area contributed by atoms with Gasteiger partial charge in [-0.2, -0.15) is 0 Å². The molecule has 2 unspecified atom stereocenters. The van der Waals surface area contributed by atoms with E-state index in [2.05, 4.69) is 31.0 Å². The fourth-order valence-electron chi connectivity index (χ4n) is 2.90.